The lowest BCUT2D eigenvalue weighted by atomic mass is 9.74. The summed E-state index contributed by atoms with van der Waals surface area (Å²) in [5.74, 6) is 0.0978. The minimum Gasteiger partial charge on any atom is -0.394 e. The van der Waals surface area contributed by atoms with Crippen molar-refractivity contribution in [3.05, 3.63) is 35.4 Å². The second-order valence-electron chi connectivity index (χ2n) is 5.10. The van der Waals surface area contributed by atoms with Gasteiger partial charge in [0.2, 0.25) is 0 Å². The maximum atomic E-state index is 12.4. The van der Waals surface area contributed by atoms with Crippen LogP contribution in [0.3, 0.4) is 0 Å². The Kier molecular flexibility index (Phi) is 2.44. The number of aliphatic hydroxyl groups excluding tert-OH is 1. The van der Waals surface area contributed by atoms with E-state index in [0.29, 0.717) is 0 Å². The number of hydrogen-bond donors (Lipinski definition) is 1. The predicted molar refractivity (Wildman–Crippen MR) is 64.9 cm³/mol. The smallest absolute Gasteiger partial charge is 0.254 e. The molecule has 0 spiro atoms. The molecule has 0 aromatic heterocycles. The Morgan fingerprint density at radius 2 is 2.06 bits per heavy atom. The van der Waals surface area contributed by atoms with Gasteiger partial charge < -0.3 is 10.0 Å². The number of nitrogens with zero attached hydrogens (tertiary/aromatic N) is 1. The number of benzene rings is 1. The number of hydrogen-bond acceptors (Lipinski definition) is 2. The number of amides is 1. The zero-order valence-electron chi connectivity index (χ0n) is 9.85. The van der Waals surface area contributed by atoms with E-state index >= 15 is 0 Å². The fourth-order valence-corrected chi connectivity index (χ4v) is 2.98. The topological polar surface area (TPSA) is 40.5 Å². The van der Waals surface area contributed by atoms with Crippen LogP contribution in [-0.4, -0.2) is 34.6 Å². The Balaban J connectivity index is 1.94. The molecule has 0 saturated heterocycles. The van der Waals surface area contributed by atoms with Crippen molar-refractivity contribution in [2.45, 2.75) is 31.2 Å². The van der Waals surface area contributed by atoms with Crippen LogP contribution >= 0.6 is 0 Å². The van der Waals surface area contributed by atoms with E-state index in [1.54, 1.807) is 0 Å². The SMILES string of the molecule is O=C1c2ccccc2CCN1C1(CO)CCC1. The molecule has 2 aliphatic rings. The number of fused-ring (bicyclic) bond motifs is 1. The van der Waals surface area contributed by atoms with Crippen LogP contribution in [0.4, 0.5) is 0 Å². The third-order valence-corrected chi connectivity index (χ3v) is 4.25. The molecule has 1 saturated carbocycles. The minimum absolute atomic E-state index is 0.0978. The number of carbonyl (C=O) groups is 1. The molecule has 1 amide bonds. The summed E-state index contributed by atoms with van der Waals surface area (Å²) < 4.78 is 0. The summed E-state index contributed by atoms with van der Waals surface area (Å²) in [5.41, 5.74) is 1.70. The zero-order valence-corrected chi connectivity index (χ0v) is 9.85. The van der Waals surface area contributed by atoms with Gasteiger partial charge >= 0.3 is 0 Å². The molecule has 17 heavy (non-hydrogen) atoms. The molecule has 1 aliphatic heterocycles. The van der Waals surface area contributed by atoms with Gasteiger partial charge in [0.15, 0.2) is 0 Å². The molecular weight excluding hydrogens is 214 g/mol. The molecule has 90 valence electrons. The third-order valence-electron chi connectivity index (χ3n) is 4.25. The number of rotatable bonds is 2. The zero-order chi connectivity index (χ0) is 11.9. The number of aliphatic hydroxyl groups is 1. The summed E-state index contributed by atoms with van der Waals surface area (Å²) in [6.45, 7) is 0.845. The Bertz CT molecular complexity index is 446. The summed E-state index contributed by atoms with van der Waals surface area (Å²) >= 11 is 0. The molecule has 1 aromatic rings. The quantitative estimate of drug-likeness (QED) is 0.840. The normalized spacial score (nSPS) is 21.9. The lowest BCUT2D eigenvalue weighted by Gasteiger charge is -2.50. The highest BCUT2D eigenvalue weighted by Gasteiger charge is 2.45. The van der Waals surface area contributed by atoms with Crippen molar-refractivity contribution in [2.75, 3.05) is 13.2 Å². The monoisotopic (exact) mass is 231 g/mol. The van der Waals surface area contributed by atoms with Gasteiger partial charge in [-0.3, -0.25) is 4.79 Å². The molecule has 0 unspecified atom stereocenters. The van der Waals surface area contributed by atoms with Gasteiger partial charge in [-0.05, 0) is 37.3 Å². The lowest BCUT2D eigenvalue weighted by molar-refractivity contribution is -0.0190. The molecule has 0 radical (unpaired) electrons. The second-order valence-corrected chi connectivity index (χ2v) is 5.10. The van der Waals surface area contributed by atoms with Crippen molar-refractivity contribution in [3.63, 3.8) is 0 Å². The first-order valence-electron chi connectivity index (χ1n) is 6.28. The van der Waals surface area contributed by atoms with Crippen LogP contribution in [0, 0.1) is 0 Å². The van der Waals surface area contributed by atoms with Gasteiger partial charge in [0, 0.05) is 12.1 Å². The van der Waals surface area contributed by atoms with Gasteiger partial charge in [-0.15, -0.1) is 0 Å². The van der Waals surface area contributed by atoms with Crippen molar-refractivity contribution < 1.29 is 9.90 Å². The molecule has 1 fully saturated rings. The first-order chi connectivity index (χ1) is 8.27. The van der Waals surface area contributed by atoms with E-state index in [2.05, 4.69) is 0 Å². The lowest BCUT2D eigenvalue weighted by Crippen LogP contribution is -2.60. The molecule has 1 heterocycles. The van der Waals surface area contributed by atoms with E-state index in [1.807, 2.05) is 29.2 Å². The van der Waals surface area contributed by atoms with Crippen LogP contribution in [0.25, 0.3) is 0 Å². The predicted octanol–water partition coefficient (Wildman–Crippen LogP) is 1.60. The first-order valence-corrected chi connectivity index (χ1v) is 6.28. The van der Waals surface area contributed by atoms with Crippen LogP contribution in [0.1, 0.15) is 35.2 Å². The largest absolute Gasteiger partial charge is 0.394 e. The van der Waals surface area contributed by atoms with Gasteiger partial charge in [-0.2, -0.15) is 0 Å². The Morgan fingerprint density at radius 3 is 2.71 bits per heavy atom. The molecule has 1 aromatic carbocycles. The summed E-state index contributed by atoms with van der Waals surface area (Å²) in [7, 11) is 0. The summed E-state index contributed by atoms with van der Waals surface area (Å²) in [6, 6.07) is 7.81. The molecule has 3 rings (SSSR count). The van der Waals surface area contributed by atoms with Gasteiger partial charge in [0.25, 0.3) is 5.91 Å². The average Bonchev–Trinajstić information content (AvgIpc) is 2.31. The van der Waals surface area contributed by atoms with Crippen LogP contribution in [0.2, 0.25) is 0 Å². The molecule has 0 atom stereocenters. The highest BCUT2D eigenvalue weighted by atomic mass is 16.3. The molecule has 1 aliphatic carbocycles. The van der Waals surface area contributed by atoms with E-state index in [1.165, 1.54) is 0 Å². The molecule has 1 N–H and O–H groups in total. The summed E-state index contributed by atoms with van der Waals surface area (Å²) in [4.78, 5) is 14.3. The maximum absolute atomic E-state index is 12.4. The van der Waals surface area contributed by atoms with E-state index in [9.17, 15) is 9.90 Å². The van der Waals surface area contributed by atoms with Crippen molar-refractivity contribution in [2.24, 2.45) is 0 Å². The van der Waals surface area contributed by atoms with E-state index in [-0.39, 0.29) is 18.1 Å². The summed E-state index contributed by atoms with van der Waals surface area (Å²) in [6.07, 6.45) is 3.91. The van der Waals surface area contributed by atoms with Gasteiger partial charge in [0.1, 0.15) is 0 Å². The maximum Gasteiger partial charge on any atom is 0.254 e. The van der Waals surface area contributed by atoms with Gasteiger partial charge in [0.05, 0.1) is 12.1 Å². The first kappa shape index (κ1) is 10.8. The van der Waals surface area contributed by atoms with E-state index in [4.69, 9.17) is 0 Å². The number of carbonyl (C=O) groups excluding carboxylic acids is 1. The van der Waals surface area contributed by atoms with Crippen LogP contribution in [0.5, 0.6) is 0 Å². The van der Waals surface area contributed by atoms with Crippen molar-refractivity contribution in [1.29, 1.82) is 0 Å². The molecular formula is C14H17NO2. The van der Waals surface area contributed by atoms with Crippen molar-refractivity contribution in [3.8, 4) is 0 Å². The van der Waals surface area contributed by atoms with Gasteiger partial charge in [-0.1, -0.05) is 18.2 Å². The standard InChI is InChI=1S/C14H17NO2/c16-10-14(7-3-8-14)15-9-6-11-4-1-2-5-12(11)13(15)17/h1-2,4-5,16H,3,6-10H2. The fraction of sp³-hybridized carbons (Fsp3) is 0.500. The molecule has 3 nitrogen and oxygen atoms in total. The highest BCUT2D eigenvalue weighted by Crippen LogP contribution is 2.39. The van der Waals surface area contributed by atoms with E-state index in [0.717, 1.165) is 43.4 Å². The van der Waals surface area contributed by atoms with Crippen molar-refractivity contribution >= 4 is 5.91 Å². The summed E-state index contributed by atoms with van der Waals surface area (Å²) in [5, 5.41) is 9.56. The Hall–Kier alpha value is -1.35. The Labute approximate surface area is 101 Å². The highest BCUT2D eigenvalue weighted by molar-refractivity contribution is 5.97. The molecule has 0 bridgehead atoms. The average molecular weight is 231 g/mol. The Morgan fingerprint density at radius 1 is 1.29 bits per heavy atom. The second kappa shape index (κ2) is 3.84. The third kappa shape index (κ3) is 1.49. The van der Waals surface area contributed by atoms with Gasteiger partial charge in [-0.25, -0.2) is 0 Å². The van der Waals surface area contributed by atoms with Crippen molar-refractivity contribution in [1.82, 2.24) is 4.90 Å². The van der Waals surface area contributed by atoms with Crippen LogP contribution in [-0.2, 0) is 6.42 Å². The van der Waals surface area contributed by atoms with Crippen LogP contribution in [0.15, 0.2) is 24.3 Å². The van der Waals surface area contributed by atoms with E-state index < -0.39 is 0 Å². The van der Waals surface area contributed by atoms with Crippen LogP contribution < -0.4 is 0 Å². The fourth-order valence-electron chi connectivity index (χ4n) is 2.98. The minimum atomic E-state index is -0.259. The molecule has 3 heteroatoms.